The second-order valence-electron chi connectivity index (χ2n) is 4.16. The van der Waals surface area contributed by atoms with Gasteiger partial charge in [0.1, 0.15) is 0 Å². The SMILES string of the molecule is C=CC.O=C1c2ccccc2C(=O)c2ccccc21. The summed E-state index contributed by atoms with van der Waals surface area (Å²) < 4.78 is 0. The van der Waals surface area contributed by atoms with Crippen LogP contribution in [-0.4, -0.2) is 11.6 Å². The molecule has 1 aliphatic rings. The molecule has 0 amide bonds. The van der Waals surface area contributed by atoms with Crippen LogP contribution in [0.25, 0.3) is 0 Å². The van der Waals surface area contributed by atoms with Gasteiger partial charge in [-0.2, -0.15) is 0 Å². The van der Waals surface area contributed by atoms with E-state index in [0.29, 0.717) is 22.3 Å². The third kappa shape index (κ3) is 2.25. The normalized spacial score (nSPS) is 11.8. The van der Waals surface area contributed by atoms with Gasteiger partial charge in [-0.05, 0) is 6.92 Å². The summed E-state index contributed by atoms with van der Waals surface area (Å²) in [7, 11) is 0. The van der Waals surface area contributed by atoms with Crippen LogP contribution < -0.4 is 0 Å². The molecule has 0 aliphatic heterocycles. The van der Waals surface area contributed by atoms with Crippen LogP contribution in [0.1, 0.15) is 38.8 Å². The fraction of sp³-hybridized carbons (Fsp3) is 0.0588. The zero-order chi connectivity index (χ0) is 13.8. The highest BCUT2D eigenvalue weighted by atomic mass is 16.1. The summed E-state index contributed by atoms with van der Waals surface area (Å²) in [5, 5.41) is 0. The Balaban J connectivity index is 0.000000408. The molecule has 94 valence electrons. The smallest absolute Gasteiger partial charge is 0.194 e. The largest absolute Gasteiger partial charge is 0.289 e. The first-order chi connectivity index (χ1) is 9.20. The van der Waals surface area contributed by atoms with Crippen LogP contribution in [0.4, 0.5) is 0 Å². The molecule has 0 spiro atoms. The summed E-state index contributed by atoms with van der Waals surface area (Å²) in [4.78, 5) is 24.2. The van der Waals surface area contributed by atoms with Gasteiger partial charge >= 0.3 is 0 Å². The number of hydrogen-bond donors (Lipinski definition) is 0. The van der Waals surface area contributed by atoms with Crippen LogP contribution >= 0.6 is 0 Å². The first-order valence-corrected chi connectivity index (χ1v) is 6.05. The van der Waals surface area contributed by atoms with Crippen molar-refractivity contribution in [2.24, 2.45) is 0 Å². The second-order valence-corrected chi connectivity index (χ2v) is 4.16. The van der Waals surface area contributed by atoms with Crippen LogP contribution in [-0.2, 0) is 0 Å². The fourth-order valence-corrected chi connectivity index (χ4v) is 2.05. The van der Waals surface area contributed by atoms with Crippen LogP contribution in [0.5, 0.6) is 0 Å². The molecule has 1 aliphatic carbocycles. The third-order valence-electron chi connectivity index (χ3n) is 2.83. The molecule has 0 radical (unpaired) electrons. The second kappa shape index (κ2) is 5.44. The molecule has 19 heavy (non-hydrogen) atoms. The Kier molecular flexibility index (Phi) is 3.71. The van der Waals surface area contributed by atoms with Crippen molar-refractivity contribution in [3.63, 3.8) is 0 Å². The molecular weight excluding hydrogens is 236 g/mol. The zero-order valence-electron chi connectivity index (χ0n) is 10.7. The summed E-state index contributed by atoms with van der Waals surface area (Å²) in [6, 6.07) is 13.9. The minimum absolute atomic E-state index is 0.0641. The highest BCUT2D eigenvalue weighted by molar-refractivity contribution is 6.28. The minimum Gasteiger partial charge on any atom is -0.289 e. The summed E-state index contributed by atoms with van der Waals surface area (Å²) in [6.07, 6.45) is 1.75. The van der Waals surface area contributed by atoms with Gasteiger partial charge in [0.15, 0.2) is 11.6 Å². The molecule has 2 aromatic carbocycles. The number of benzene rings is 2. The van der Waals surface area contributed by atoms with Gasteiger partial charge in [-0.1, -0.05) is 54.6 Å². The summed E-state index contributed by atoms with van der Waals surface area (Å²) >= 11 is 0. The third-order valence-corrected chi connectivity index (χ3v) is 2.83. The first kappa shape index (κ1) is 13.0. The molecule has 3 rings (SSSR count). The van der Waals surface area contributed by atoms with Crippen molar-refractivity contribution in [1.82, 2.24) is 0 Å². The highest BCUT2D eigenvalue weighted by Gasteiger charge is 2.28. The number of hydrogen-bond acceptors (Lipinski definition) is 2. The summed E-state index contributed by atoms with van der Waals surface area (Å²) in [5.74, 6) is -0.128. The molecule has 2 heteroatoms. The number of ketones is 2. The first-order valence-electron chi connectivity index (χ1n) is 6.05. The predicted octanol–water partition coefficient (Wildman–Crippen LogP) is 3.65. The van der Waals surface area contributed by atoms with Crippen LogP contribution in [0.15, 0.2) is 61.2 Å². The lowest BCUT2D eigenvalue weighted by Gasteiger charge is -2.16. The molecule has 0 atom stereocenters. The van der Waals surface area contributed by atoms with E-state index in [0.717, 1.165) is 0 Å². The Hall–Kier alpha value is -2.48. The van der Waals surface area contributed by atoms with E-state index in [1.54, 1.807) is 54.6 Å². The van der Waals surface area contributed by atoms with E-state index in [1.807, 2.05) is 6.92 Å². The van der Waals surface area contributed by atoms with Gasteiger partial charge in [-0.3, -0.25) is 9.59 Å². The van der Waals surface area contributed by atoms with Gasteiger partial charge in [-0.25, -0.2) is 0 Å². The average Bonchev–Trinajstić information content (AvgIpc) is 2.46. The Morgan fingerprint density at radius 1 is 0.737 bits per heavy atom. The molecule has 0 saturated heterocycles. The Morgan fingerprint density at radius 3 is 1.16 bits per heavy atom. The monoisotopic (exact) mass is 250 g/mol. The Bertz CT molecular complexity index is 548. The van der Waals surface area contributed by atoms with Crippen molar-refractivity contribution in [2.75, 3.05) is 0 Å². The van der Waals surface area contributed by atoms with Gasteiger partial charge in [0.05, 0.1) is 0 Å². The molecule has 2 nitrogen and oxygen atoms in total. The van der Waals surface area contributed by atoms with Gasteiger partial charge in [0.25, 0.3) is 0 Å². The standard InChI is InChI=1S/C14H8O2.C3H6/c15-13-9-5-1-2-6-10(9)14(16)12-8-4-3-7-11(12)13;1-3-2/h1-8H;3H,1H2,2H3. The van der Waals surface area contributed by atoms with E-state index in [4.69, 9.17) is 0 Å². The molecular formula is C17H14O2. The van der Waals surface area contributed by atoms with Gasteiger partial charge in [0, 0.05) is 22.3 Å². The van der Waals surface area contributed by atoms with Crippen LogP contribution in [0, 0.1) is 0 Å². The predicted molar refractivity (Wildman–Crippen MR) is 75.6 cm³/mol. The number of carbonyl (C=O) groups is 2. The lowest BCUT2D eigenvalue weighted by atomic mass is 9.84. The summed E-state index contributed by atoms with van der Waals surface area (Å²) in [6.45, 7) is 5.25. The lowest BCUT2D eigenvalue weighted by molar-refractivity contribution is 0.0979. The number of rotatable bonds is 0. The Labute approximate surface area is 112 Å². The zero-order valence-corrected chi connectivity index (χ0v) is 10.7. The van der Waals surface area contributed by atoms with Crippen molar-refractivity contribution in [1.29, 1.82) is 0 Å². The van der Waals surface area contributed by atoms with E-state index in [2.05, 4.69) is 6.58 Å². The van der Waals surface area contributed by atoms with E-state index >= 15 is 0 Å². The maximum atomic E-state index is 12.1. The number of allylic oxidation sites excluding steroid dienone is 1. The van der Waals surface area contributed by atoms with E-state index < -0.39 is 0 Å². The fourth-order valence-electron chi connectivity index (χ4n) is 2.05. The highest BCUT2D eigenvalue weighted by Crippen LogP contribution is 2.26. The van der Waals surface area contributed by atoms with E-state index in [9.17, 15) is 9.59 Å². The molecule has 0 N–H and O–H groups in total. The lowest BCUT2D eigenvalue weighted by Crippen LogP contribution is -2.20. The molecule has 0 bridgehead atoms. The maximum Gasteiger partial charge on any atom is 0.194 e. The van der Waals surface area contributed by atoms with Crippen LogP contribution in [0.3, 0.4) is 0 Å². The molecule has 2 aromatic rings. The molecule has 0 heterocycles. The van der Waals surface area contributed by atoms with Crippen molar-refractivity contribution in [2.45, 2.75) is 6.92 Å². The molecule has 0 unspecified atom stereocenters. The molecule has 0 saturated carbocycles. The average molecular weight is 250 g/mol. The maximum absolute atomic E-state index is 12.1. The van der Waals surface area contributed by atoms with Gasteiger partial charge in [-0.15, -0.1) is 6.58 Å². The summed E-state index contributed by atoms with van der Waals surface area (Å²) in [5.41, 5.74) is 2.02. The number of carbonyl (C=O) groups excluding carboxylic acids is 2. The molecule has 0 fully saturated rings. The Morgan fingerprint density at radius 2 is 0.947 bits per heavy atom. The van der Waals surface area contributed by atoms with Crippen molar-refractivity contribution in [3.8, 4) is 0 Å². The van der Waals surface area contributed by atoms with Crippen molar-refractivity contribution >= 4 is 11.6 Å². The molecule has 0 aromatic heterocycles. The van der Waals surface area contributed by atoms with Crippen molar-refractivity contribution in [3.05, 3.63) is 83.4 Å². The van der Waals surface area contributed by atoms with E-state index in [1.165, 1.54) is 0 Å². The minimum atomic E-state index is -0.0641. The van der Waals surface area contributed by atoms with Gasteiger partial charge in [0.2, 0.25) is 0 Å². The van der Waals surface area contributed by atoms with E-state index in [-0.39, 0.29) is 11.6 Å². The quantitative estimate of drug-likeness (QED) is 0.571. The number of fused-ring (bicyclic) bond motifs is 2. The van der Waals surface area contributed by atoms with Crippen LogP contribution in [0.2, 0.25) is 0 Å². The van der Waals surface area contributed by atoms with Gasteiger partial charge < -0.3 is 0 Å². The van der Waals surface area contributed by atoms with Crippen molar-refractivity contribution < 1.29 is 9.59 Å². The topological polar surface area (TPSA) is 34.1 Å².